The number of methoxy groups -OCH3 is 1. The van der Waals surface area contributed by atoms with E-state index >= 15 is 0 Å². The van der Waals surface area contributed by atoms with Crippen molar-refractivity contribution in [2.75, 3.05) is 36.6 Å². The van der Waals surface area contributed by atoms with Gasteiger partial charge in [0.2, 0.25) is 5.91 Å². The highest BCUT2D eigenvalue weighted by molar-refractivity contribution is 6.71. The first-order valence-corrected chi connectivity index (χ1v) is 15.9. The van der Waals surface area contributed by atoms with Crippen molar-refractivity contribution < 1.29 is 33.8 Å². The molecule has 4 rings (SSSR count). The Bertz CT molecular complexity index is 1030. The molecule has 3 aliphatic rings. The Hall–Kier alpha value is -2.27. The van der Waals surface area contributed by atoms with E-state index in [0.29, 0.717) is 44.3 Å². The number of esters is 1. The minimum Gasteiger partial charge on any atom is -0.469 e. The number of ether oxygens (including phenoxy) is 2. The van der Waals surface area contributed by atoms with Crippen LogP contribution in [0.3, 0.4) is 0 Å². The molecule has 1 aromatic carbocycles. The molecule has 0 unspecified atom stereocenters. The fourth-order valence-electron chi connectivity index (χ4n) is 6.41. The van der Waals surface area contributed by atoms with Crippen molar-refractivity contribution in [1.29, 1.82) is 0 Å². The summed E-state index contributed by atoms with van der Waals surface area (Å²) in [5, 5.41) is 9.74. The first-order valence-electron chi connectivity index (χ1n) is 12.9. The maximum Gasteiger partial charge on any atom is 0.305 e. The van der Waals surface area contributed by atoms with Crippen LogP contribution >= 0.6 is 0 Å². The fraction of sp³-hybridized carbons (Fsp3) is 0.654. The van der Waals surface area contributed by atoms with E-state index < -0.39 is 20.0 Å². The number of fused-ring (bicyclic) bond motifs is 2. The molecule has 198 valence electrons. The van der Waals surface area contributed by atoms with Crippen molar-refractivity contribution >= 4 is 37.5 Å². The molecule has 2 saturated heterocycles. The lowest BCUT2D eigenvalue weighted by Gasteiger charge is -2.32. The summed E-state index contributed by atoms with van der Waals surface area (Å²) in [5.41, 5.74) is 0.649. The minimum absolute atomic E-state index is 0.0633. The van der Waals surface area contributed by atoms with Gasteiger partial charge in [-0.05, 0) is 57.0 Å². The number of carbonyl (C=O) groups is 3. The zero-order chi connectivity index (χ0) is 26.3. The van der Waals surface area contributed by atoms with E-state index in [9.17, 15) is 24.3 Å². The van der Waals surface area contributed by atoms with Crippen molar-refractivity contribution in [3.63, 3.8) is 0 Å². The molecule has 2 amide bonds. The normalized spacial score (nSPS) is 27.9. The predicted molar refractivity (Wildman–Crippen MR) is 137 cm³/mol. The molecule has 1 spiro atoms. The Kier molecular flexibility index (Phi) is 7.62. The fourth-order valence-corrected chi connectivity index (χ4v) is 9.02. The third-order valence-electron chi connectivity index (χ3n) is 8.01. The van der Waals surface area contributed by atoms with Crippen LogP contribution in [0, 0.1) is 5.92 Å². The standard InChI is InChI=1S/C26H38N2O7Si/c1-17-24(36(3,4)33)21(12-15-29)35-26(17)19-16-18(27-14-7-8-22(27)30)10-11-20(19)28(25(26)32)13-6-5-9-23(31)34-2/h10-11,16-17,21,24,29,33H,5-9,12-15H2,1-4H3/t17-,21+,24-,26+/m0/s1. The molecule has 4 atom stereocenters. The molecule has 9 nitrogen and oxygen atoms in total. The summed E-state index contributed by atoms with van der Waals surface area (Å²) in [6.45, 7) is 6.62. The second kappa shape index (κ2) is 10.2. The van der Waals surface area contributed by atoms with E-state index in [2.05, 4.69) is 0 Å². The molecule has 10 heteroatoms. The van der Waals surface area contributed by atoms with Crippen molar-refractivity contribution in [3.8, 4) is 0 Å². The summed E-state index contributed by atoms with van der Waals surface area (Å²) in [6.07, 6.45) is 2.66. The number of hydrogen-bond donors (Lipinski definition) is 2. The van der Waals surface area contributed by atoms with Gasteiger partial charge in [0.05, 0.1) is 18.9 Å². The lowest BCUT2D eigenvalue weighted by atomic mass is 9.82. The molecule has 0 radical (unpaired) electrons. The first-order chi connectivity index (χ1) is 17.1. The molecule has 0 bridgehead atoms. The number of hydrogen-bond acceptors (Lipinski definition) is 7. The number of anilines is 2. The van der Waals surface area contributed by atoms with Gasteiger partial charge in [0.1, 0.15) is 0 Å². The zero-order valence-electron chi connectivity index (χ0n) is 21.7. The van der Waals surface area contributed by atoms with Gasteiger partial charge in [-0.2, -0.15) is 0 Å². The number of nitrogens with zero attached hydrogens (tertiary/aromatic N) is 2. The van der Waals surface area contributed by atoms with Gasteiger partial charge in [-0.1, -0.05) is 6.92 Å². The van der Waals surface area contributed by atoms with Gasteiger partial charge in [-0.3, -0.25) is 14.4 Å². The van der Waals surface area contributed by atoms with Crippen molar-refractivity contribution in [3.05, 3.63) is 23.8 Å². The largest absolute Gasteiger partial charge is 0.469 e. The van der Waals surface area contributed by atoms with Crippen LogP contribution in [0.25, 0.3) is 0 Å². The molecule has 0 saturated carbocycles. The van der Waals surface area contributed by atoms with E-state index in [0.717, 1.165) is 17.8 Å². The third kappa shape index (κ3) is 4.48. The summed E-state index contributed by atoms with van der Waals surface area (Å²) in [7, 11) is -1.41. The van der Waals surface area contributed by atoms with Crippen LogP contribution in [-0.2, 0) is 29.5 Å². The quantitative estimate of drug-likeness (QED) is 0.293. The Morgan fingerprint density at radius 1 is 1.28 bits per heavy atom. The second-order valence-electron chi connectivity index (χ2n) is 10.7. The van der Waals surface area contributed by atoms with Crippen LogP contribution in [0.15, 0.2) is 18.2 Å². The molecule has 0 aromatic heterocycles. The highest BCUT2D eigenvalue weighted by Crippen LogP contribution is 2.60. The predicted octanol–water partition coefficient (Wildman–Crippen LogP) is 2.68. The van der Waals surface area contributed by atoms with Crippen molar-refractivity contribution in [1.82, 2.24) is 0 Å². The molecule has 2 N–H and O–H groups in total. The summed E-state index contributed by atoms with van der Waals surface area (Å²) >= 11 is 0. The van der Waals surface area contributed by atoms with Crippen LogP contribution in [-0.4, -0.2) is 68.9 Å². The maximum absolute atomic E-state index is 14.2. The van der Waals surface area contributed by atoms with Gasteiger partial charge in [-0.15, -0.1) is 0 Å². The summed E-state index contributed by atoms with van der Waals surface area (Å²) in [4.78, 5) is 52.9. The van der Waals surface area contributed by atoms with E-state index in [1.165, 1.54) is 7.11 Å². The average molecular weight is 519 g/mol. The van der Waals surface area contributed by atoms with Gasteiger partial charge >= 0.3 is 5.97 Å². The molecule has 3 heterocycles. The number of unbranched alkanes of at least 4 members (excludes halogenated alkanes) is 1. The zero-order valence-corrected chi connectivity index (χ0v) is 22.7. The Balaban J connectivity index is 1.74. The minimum atomic E-state index is -2.77. The van der Waals surface area contributed by atoms with Gasteiger partial charge in [0.15, 0.2) is 13.9 Å². The van der Waals surface area contributed by atoms with Crippen molar-refractivity contribution in [2.24, 2.45) is 5.92 Å². The van der Waals surface area contributed by atoms with Gasteiger partial charge < -0.3 is 29.2 Å². The van der Waals surface area contributed by atoms with Gasteiger partial charge in [-0.25, -0.2) is 0 Å². The van der Waals surface area contributed by atoms with E-state index in [4.69, 9.17) is 9.47 Å². The number of benzene rings is 1. The third-order valence-corrected chi connectivity index (χ3v) is 10.5. The molecule has 1 aromatic rings. The van der Waals surface area contributed by atoms with Crippen LogP contribution in [0.1, 0.15) is 51.0 Å². The highest BCUT2D eigenvalue weighted by Gasteiger charge is 2.66. The Morgan fingerprint density at radius 3 is 2.64 bits per heavy atom. The van der Waals surface area contributed by atoms with E-state index in [-0.39, 0.29) is 42.3 Å². The maximum atomic E-state index is 14.2. The van der Waals surface area contributed by atoms with E-state index in [1.807, 2.05) is 38.2 Å². The molecule has 0 aliphatic carbocycles. The lowest BCUT2D eigenvalue weighted by molar-refractivity contribution is -0.146. The topological polar surface area (TPSA) is 117 Å². The summed E-state index contributed by atoms with van der Waals surface area (Å²) in [5.74, 6) is -0.723. The first kappa shape index (κ1) is 26.8. The average Bonchev–Trinajstić information content (AvgIpc) is 3.45. The van der Waals surface area contributed by atoms with E-state index in [1.54, 1.807) is 9.80 Å². The molecular formula is C26H38N2O7Si. The molecule has 36 heavy (non-hydrogen) atoms. The molecule has 2 fully saturated rings. The summed E-state index contributed by atoms with van der Waals surface area (Å²) in [6, 6.07) is 5.67. The highest BCUT2D eigenvalue weighted by atomic mass is 28.4. The summed E-state index contributed by atoms with van der Waals surface area (Å²) < 4.78 is 11.4. The lowest BCUT2D eigenvalue weighted by Crippen LogP contribution is -2.46. The smallest absolute Gasteiger partial charge is 0.305 e. The van der Waals surface area contributed by atoms with Crippen molar-refractivity contribution in [2.45, 2.75) is 75.8 Å². The van der Waals surface area contributed by atoms with Gasteiger partial charge in [0, 0.05) is 55.2 Å². The van der Waals surface area contributed by atoms with Crippen LogP contribution < -0.4 is 9.80 Å². The SMILES string of the molecule is COC(=O)CCCCN1C(=O)[C@]2(O[C@H](CCO)[C@@H]([Si](C)(C)O)[C@@H]2C)c2cc(N3CCCC3=O)ccc21. The second-order valence-corrected chi connectivity index (χ2v) is 14.7. The Labute approximate surface area is 213 Å². The number of carbonyl (C=O) groups excluding carboxylic acids is 3. The van der Waals surface area contributed by atoms with Crippen LogP contribution in [0.4, 0.5) is 11.4 Å². The Morgan fingerprint density at radius 2 is 2.03 bits per heavy atom. The monoisotopic (exact) mass is 518 g/mol. The van der Waals surface area contributed by atoms with Crippen LogP contribution in [0.5, 0.6) is 0 Å². The number of aliphatic hydroxyl groups is 1. The number of rotatable bonds is 9. The molecular weight excluding hydrogens is 480 g/mol. The van der Waals surface area contributed by atoms with Crippen LogP contribution in [0.2, 0.25) is 18.6 Å². The number of aliphatic hydroxyl groups excluding tert-OH is 1. The molecule has 3 aliphatic heterocycles. The van der Waals surface area contributed by atoms with Gasteiger partial charge in [0.25, 0.3) is 5.91 Å². The number of amides is 2.